The molecule has 6 heteroatoms. The molecule has 0 bridgehead atoms. The minimum absolute atomic E-state index is 0.116. The number of unbranched alkanes of at least 4 members (excludes halogenated alkanes) is 14. The van der Waals surface area contributed by atoms with Gasteiger partial charge in [-0.25, -0.2) is 0 Å². The lowest BCUT2D eigenvalue weighted by Gasteiger charge is -2.18. The van der Waals surface area contributed by atoms with Gasteiger partial charge in [0, 0.05) is 19.3 Å². The van der Waals surface area contributed by atoms with E-state index in [9.17, 15) is 14.4 Å². The molecule has 0 N–H and O–H groups in total. The summed E-state index contributed by atoms with van der Waals surface area (Å²) >= 11 is 0. The van der Waals surface area contributed by atoms with E-state index in [2.05, 4.69) is 167 Å². The quantitative estimate of drug-likeness (QED) is 0.0262. The Morgan fingerprint density at radius 2 is 0.549 bits per heavy atom. The van der Waals surface area contributed by atoms with Gasteiger partial charge in [-0.2, -0.15) is 0 Å². The van der Waals surface area contributed by atoms with Crippen LogP contribution in [0.15, 0.2) is 146 Å². The molecule has 0 saturated heterocycles. The normalized spacial score (nSPS) is 13.2. The van der Waals surface area contributed by atoms with Gasteiger partial charge in [0.15, 0.2) is 6.10 Å². The first-order valence-electron chi connectivity index (χ1n) is 28.3. The van der Waals surface area contributed by atoms with Crippen molar-refractivity contribution in [1.29, 1.82) is 0 Å². The summed E-state index contributed by atoms with van der Waals surface area (Å²) in [5.41, 5.74) is 0. The molecule has 0 fully saturated rings. The fourth-order valence-electron chi connectivity index (χ4n) is 7.11. The summed E-state index contributed by atoms with van der Waals surface area (Å²) in [5.74, 6) is -1.00. The van der Waals surface area contributed by atoms with Crippen molar-refractivity contribution in [2.45, 2.75) is 232 Å². The van der Waals surface area contributed by atoms with Gasteiger partial charge < -0.3 is 14.2 Å². The largest absolute Gasteiger partial charge is 0.462 e. The Morgan fingerprint density at radius 1 is 0.296 bits per heavy atom. The van der Waals surface area contributed by atoms with Gasteiger partial charge in [-0.1, -0.05) is 212 Å². The molecule has 0 rings (SSSR count). The minimum atomic E-state index is -0.823. The number of carbonyl (C=O) groups is 3. The first-order valence-corrected chi connectivity index (χ1v) is 28.3. The molecule has 398 valence electrons. The summed E-state index contributed by atoms with van der Waals surface area (Å²) in [6.45, 7) is 6.30. The maximum absolute atomic E-state index is 12.9. The van der Waals surface area contributed by atoms with Crippen LogP contribution in [0.3, 0.4) is 0 Å². The number of ether oxygens (including phenoxy) is 3. The third-order valence-corrected chi connectivity index (χ3v) is 11.3. The van der Waals surface area contributed by atoms with Crippen LogP contribution in [0, 0.1) is 0 Å². The van der Waals surface area contributed by atoms with Crippen molar-refractivity contribution < 1.29 is 28.6 Å². The molecule has 0 aliphatic rings. The third-order valence-electron chi connectivity index (χ3n) is 11.3. The molecule has 1 atom stereocenters. The Morgan fingerprint density at radius 3 is 0.873 bits per heavy atom. The number of carbonyl (C=O) groups excluding carboxylic acids is 3. The van der Waals surface area contributed by atoms with Crippen molar-refractivity contribution in [2.75, 3.05) is 13.2 Å². The molecule has 0 aliphatic heterocycles. The Labute approximate surface area is 436 Å². The van der Waals surface area contributed by atoms with Gasteiger partial charge in [-0.05, 0) is 141 Å². The van der Waals surface area contributed by atoms with Gasteiger partial charge in [0.1, 0.15) is 13.2 Å². The van der Waals surface area contributed by atoms with Crippen LogP contribution in [-0.2, 0) is 28.6 Å². The van der Waals surface area contributed by atoms with Crippen molar-refractivity contribution in [3.63, 3.8) is 0 Å². The molecule has 0 amide bonds. The minimum Gasteiger partial charge on any atom is -0.462 e. The van der Waals surface area contributed by atoms with E-state index < -0.39 is 6.10 Å². The zero-order chi connectivity index (χ0) is 51.4. The lowest BCUT2D eigenvalue weighted by Crippen LogP contribution is -2.30. The fraction of sp³-hybridized carbons (Fsp3) is 0.585. The summed E-state index contributed by atoms with van der Waals surface area (Å²) in [6, 6.07) is 0. The van der Waals surface area contributed by atoms with Gasteiger partial charge in [0.2, 0.25) is 0 Å². The monoisotopic (exact) mass is 979 g/mol. The van der Waals surface area contributed by atoms with E-state index in [1.165, 1.54) is 25.7 Å². The molecule has 6 nitrogen and oxygen atoms in total. The Hall–Kier alpha value is -4.71. The highest BCUT2D eigenvalue weighted by atomic mass is 16.6. The van der Waals surface area contributed by atoms with Crippen LogP contribution < -0.4 is 0 Å². The summed E-state index contributed by atoms with van der Waals surface area (Å²) in [4.78, 5) is 38.2. The van der Waals surface area contributed by atoms with E-state index in [1.807, 2.05) is 0 Å². The standard InChI is InChI=1S/C65H102O6/c1-4-7-10-13-16-19-22-25-28-30-32-34-37-40-43-46-49-52-55-58-64(67)70-61-62(60-69-63(66)57-54-51-48-45-42-39-36-27-24-21-18-15-12-9-6-3)71-65(68)59-56-53-50-47-44-41-38-35-33-31-29-26-23-20-17-14-11-8-5-2/h7-8,10-11,16-21,25-29,32-36,40-41,43-44,62H,4-6,9,12-15,22-24,30-31,37-39,42,45-61H2,1-3H3/b10-7+,11-8+,19-16+,20-17+,21-18+,28-25+,29-26+,34-32+,35-33+,36-27+,43-40+,44-41+/t62-/m1/s1. The molecule has 71 heavy (non-hydrogen) atoms. The third kappa shape index (κ3) is 56.1. The van der Waals surface area contributed by atoms with E-state index in [0.29, 0.717) is 19.3 Å². The number of hydrogen-bond acceptors (Lipinski definition) is 6. The maximum atomic E-state index is 12.9. The second kappa shape index (κ2) is 57.9. The lowest BCUT2D eigenvalue weighted by atomic mass is 10.1. The topological polar surface area (TPSA) is 78.9 Å². The molecule has 0 heterocycles. The van der Waals surface area contributed by atoms with E-state index in [0.717, 1.165) is 154 Å². The molecule has 0 aromatic heterocycles. The second-order valence-corrected chi connectivity index (χ2v) is 18.1. The van der Waals surface area contributed by atoms with Crippen molar-refractivity contribution >= 4 is 17.9 Å². The molecular formula is C65H102O6. The van der Waals surface area contributed by atoms with Crippen molar-refractivity contribution in [1.82, 2.24) is 0 Å². The molecule has 0 spiro atoms. The average Bonchev–Trinajstić information content (AvgIpc) is 3.37. The number of allylic oxidation sites excluding steroid dienone is 24. The smallest absolute Gasteiger partial charge is 0.306 e. The predicted molar refractivity (Wildman–Crippen MR) is 306 cm³/mol. The average molecular weight is 980 g/mol. The van der Waals surface area contributed by atoms with Crippen LogP contribution in [0.5, 0.6) is 0 Å². The Balaban J connectivity index is 4.57. The van der Waals surface area contributed by atoms with Crippen molar-refractivity contribution in [2.24, 2.45) is 0 Å². The van der Waals surface area contributed by atoms with Crippen molar-refractivity contribution in [3.8, 4) is 0 Å². The predicted octanol–water partition coefficient (Wildman–Crippen LogP) is 19.2. The van der Waals surface area contributed by atoms with Gasteiger partial charge in [0.25, 0.3) is 0 Å². The SMILES string of the molecule is CC/C=C/C/C=C/C/C=C/C/C=C/C/C=C/CCCCCC(=O)OC[C@@H](COC(=O)CCCCCCC/C=C/C/C=C/CCCCC)OC(=O)CCCCC/C=C/C/C=C/C/C=C/C/C=C/C/C=C/CC. The highest BCUT2D eigenvalue weighted by Crippen LogP contribution is 2.12. The molecule has 0 radical (unpaired) electrons. The first-order chi connectivity index (χ1) is 35.0. The molecule has 0 aliphatic carbocycles. The lowest BCUT2D eigenvalue weighted by molar-refractivity contribution is -0.167. The summed E-state index contributed by atoms with van der Waals surface area (Å²) in [7, 11) is 0. The van der Waals surface area contributed by atoms with Crippen LogP contribution in [0.1, 0.15) is 226 Å². The van der Waals surface area contributed by atoms with Gasteiger partial charge >= 0.3 is 17.9 Å². The Kier molecular flexibility index (Phi) is 54.0. The summed E-state index contributed by atoms with van der Waals surface area (Å²) < 4.78 is 16.8. The molecular weight excluding hydrogens is 877 g/mol. The van der Waals surface area contributed by atoms with Crippen LogP contribution >= 0.6 is 0 Å². The van der Waals surface area contributed by atoms with Crippen molar-refractivity contribution in [3.05, 3.63) is 146 Å². The van der Waals surface area contributed by atoms with Crippen LogP contribution in [0.4, 0.5) is 0 Å². The first kappa shape index (κ1) is 66.3. The fourth-order valence-corrected chi connectivity index (χ4v) is 7.11. The molecule has 0 aromatic carbocycles. The van der Waals surface area contributed by atoms with E-state index in [4.69, 9.17) is 14.2 Å². The zero-order valence-electron chi connectivity index (χ0n) is 45.4. The maximum Gasteiger partial charge on any atom is 0.306 e. The molecule has 0 unspecified atom stereocenters. The van der Waals surface area contributed by atoms with E-state index in [-0.39, 0.29) is 37.5 Å². The number of hydrogen-bond donors (Lipinski definition) is 0. The molecule has 0 saturated carbocycles. The molecule has 0 aromatic rings. The van der Waals surface area contributed by atoms with E-state index >= 15 is 0 Å². The number of esters is 3. The van der Waals surface area contributed by atoms with Crippen LogP contribution in [-0.4, -0.2) is 37.2 Å². The van der Waals surface area contributed by atoms with Gasteiger partial charge in [-0.3, -0.25) is 14.4 Å². The zero-order valence-corrected chi connectivity index (χ0v) is 45.4. The summed E-state index contributed by atoms with van der Waals surface area (Å²) in [5, 5.41) is 0. The van der Waals surface area contributed by atoms with Gasteiger partial charge in [0.05, 0.1) is 0 Å². The number of rotatable bonds is 49. The van der Waals surface area contributed by atoms with Crippen LogP contribution in [0.2, 0.25) is 0 Å². The highest BCUT2D eigenvalue weighted by Gasteiger charge is 2.19. The van der Waals surface area contributed by atoms with Gasteiger partial charge in [-0.15, -0.1) is 0 Å². The highest BCUT2D eigenvalue weighted by molar-refractivity contribution is 5.71. The second-order valence-electron chi connectivity index (χ2n) is 18.1. The van der Waals surface area contributed by atoms with E-state index in [1.54, 1.807) is 0 Å². The summed E-state index contributed by atoms with van der Waals surface area (Å²) in [6.07, 6.45) is 82.6. The Bertz CT molecular complexity index is 1590. The van der Waals surface area contributed by atoms with Crippen LogP contribution in [0.25, 0.3) is 0 Å².